The summed E-state index contributed by atoms with van der Waals surface area (Å²) in [6.45, 7) is 4.48. The highest BCUT2D eigenvalue weighted by Crippen LogP contribution is 2.19. The van der Waals surface area contributed by atoms with Crippen molar-refractivity contribution in [2.45, 2.75) is 44.8 Å². The molecule has 1 aromatic rings. The summed E-state index contributed by atoms with van der Waals surface area (Å²) in [6.07, 6.45) is 3.63. The van der Waals surface area contributed by atoms with Gasteiger partial charge in [0, 0.05) is 19.1 Å². The summed E-state index contributed by atoms with van der Waals surface area (Å²) in [5, 5.41) is 2.96. The molecule has 20 heavy (non-hydrogen) atoms. The number of piperidine rings is 1. The predicted octanol–water partition coefficient (Wildman–Crippen LogP) is 1.50. The van der Waals surface area contributed by atoms with Crippen molar-refractivity contribution in [3.8, 4) is 0 Å². The van der Waals surface area contributed by atoms with Crippen LogP contribution in [0.5, 0.6) is 0 Å². The van der Waals surface area contributed by atoms with Gasteiger partial charge in [-0.2, -0.15) is 0 Å². The van der Waals surface area contributed by atoms with Crippen LogP contribution in [0, 0.1) is 0 Å². The lowest BCUT2D eigenvalue weighted by molar-refractivity contribution is -0.122. The molecule has 110 valence electrons. The highest BCUT2D eigenvalue weighted by molar-refractivity contribution is 5.80. The van der Waals surface area contributed by atoms with Crippen LogP contribution in [-0.2, 0) is 11.3 Å². The zero-order valence-electron chi connectivity index (χ0n) is 12.2. The molecule has 4 nitrogen and oxygen atoms in total. The van der Waals surface area contributed by atoms with Crippen molar-refractivity contribution in [1.82, 2.24) is 10.2 Å². The number of carbonyl (C=O) groups is 1. The summed E-state index contributed by atoms with van der Waals surface area (Å²) in [5.41, 5.74) is 6.92. The molecule has 3 N–H and O–H groups in total. The van der Waals surface area contributed by atoms with Gasteiger partial charge in [-0.05, 0) is 31.9 Å². The Bertz CT molecular complexity index is 419. The first-order valence-corrected chi connectivity index (χ1v) is 7.48. The van der Waals surface area contributed by atoms with Crippen molar-refractivity contribution in [1.29, 1.82) is 0 Å². The minimum atomic E-state index is -0.429. The molecule has 1 aliphatic heterocycles. The molecule has 1 unspecified atom stereocenters. The van der Waals surface area contributed by atoms with Crippen LogP contribution in [0.15, 0.2) is 30.3 Å². The van der Waals surface area contributed by atoms with E-state index in [1.165, 1.54) is 18.4 Å². The number of rotatable bonds is 5. The van der Waals surface area contributed by atoms with Crippen LogP contribution in [0.1, 0.15) is 31.7 Å². The van der Waals surface area contributed by atoms with Gasteiger partial charge in [-0.3, -0.25) is 9.69 Å². The fourth-order valence-electron chi connectivity index (χ4n) is 2.70. The highest BCUT2D eigenvalue weighted by Gasteiger charge is 2.23. The minimum Gasteiger partial charge on any atom is -0.353 e. The van der Waals surface area contributed by atoms with Crippen molar-refractivity contribution in [3.63, 3.8) is 0 Å². The number of hydrogen-bond donors (Lipinski definition) is 2. The van der Waals surface area contributed by atoms with E-state index in [4.69, 9.17) is 5.73 Å². The molecule has 0 bridgehead atoms. The van der Waals surface area contributed by atoms with Crippen LogP contribution in [0.3, 0.4) is 0 Å². The normalized spacial score (nSPS) is 21.4. The molecule has 2 rings (SSSR count). The second-order valence-electron chi connectivity index (χ2n) is 5.64. The number of nitrogens with one attached hydrogen (secondary N) is 1. The van der Waals surface area contributed by atoms with Gasteiger partial charge in [-0.1, -0.05) is 36.8 Å². The van der Waals surface area contributed by atoms with Crippen molar-refractivity contribution in [3.05, 3.63) is 35.9 Å². The van der Waals surface area contributed by atoms with E-state index in [1.54, 1.807) is 6.92 Å². The molecule has 4 heteroatoms. The Hall–Kier alpha value is -1.39. The Morgan fingerprint density at radius 1 is 1.40 bits per heavy atom. The first-order chi connectivity index (χ1) is 9.66. The molecule has 0 saturated carbocycles. The van der Waals surface area contributed by atoms with E-state index >= 15 is 0 Å². The van der Waals surface area contributed by atoms with E-state index < -0.39 is 6.04 Å². The fraction of sp³-hybridized carbons (Fsp3) is 0.562. The molecule has 1 amide bonds. The first-order valence-electron chi connectivity index (χ1n) is 7.48. The van der Waals surface area contributed by atoms with Gasteiger partial charge < -0.3 is 11.1 Å². The Kier molecular flexibility index (Phi) is 5.56. The van der Waals surface area contributed by atoms with Gasteiger partial charge in [0.05, 0.1) is 6.04 Å². The Morgan fingerprint density at radius 2 is 2.15 bits per heavy atom. The number of nitrogens with two attached hydrogens (primary N) is 1. The Morgan fingerprint density at radius 3 is 2.85 bits per heavy atom. The van der Waals surface area contributed by atoms with Gasteiger partial charge in [0.25, 0.3) is 0 Å². The average Bonchev–Trinajstić information content (AvgIpc) is 2.47. The van der Waals surface area contributed by atoms with E-state index in [9.17, 15) is 4.79 Å². The third-order valence-corrected chi connectivity index (χ3v) is 3.90. The van der Waals surface area contributed by atoms with Crippen molar-refractivity contribution in [2.75, 3.05) is 13.1 Å². The largest absolute Gasteiger partial charge is 0.353 e. The van der Waals surface area contributed by atoms with Crippen LogP contribution >= 0.6 is 0 Å². The third-order valence-electron chi connectivity index (χ3n) is 3.90. The molecule has 1 saturated heterocycles. The molecule has 1 fully saturated rings. The molecule has 0 radical (unpaired) electrons. The molecular formula is C16H25N3O. The van der Waals surface area contributed by atoms with Crippen molar-refractivity contribution < 1.29 is 4.79 Å². The fourth-order valence-corrected chi connectivity index (χ4v) is 2.70. The Labute approximate surface area is 121 Å². The second-order valence-corrected chi connectivity index (χ2v) is 5.64. The lowest BCUT2D eigenvalue weighted by Gasteiger charge is -2.36. The SMILES string of the molecule is C[C@H](N)C(=O)NCC1CCCCN1Cc1ccccc1. The maximum Gasteiger partial charge on any atom is 0.236 e. The van der Waals surface area contributed by atoms with Crippen LogP contribution in [0.4, 0.5) is 0 Å². The summed E-state index contributed by atoms with van der Waals surface area (Å²) in [7, 11) is 0. The summed E-state index contributed by atoms with van der Waals surface area (Å²) in [4.78, 5) is 14.1. The maximum absolute atomic E-state index is 11.6. The lowest BCUT2D eigenvalue weighted by atomic mass is 10.0. The van der Waals surface area contributed by atoms with Crippen LogP contribution in [-0.4, -0.2) is 36.0 Å². The zero-order valence-corrected chi connectivity index (χ0v) is 12.2. The van der Waals surface area contributed by atoms with Crippen LogP contribution < -0.4 is 11.1 Å². The number of hydrogen-bond acceptors (Lipinski definition) is 3. The number of benzene rings is 1. The Balaban J connectivity index is 1.90. The van der Waals surface area contributed by atoms with E-state index in [2.05, 4.69) is 34.5 Å². The summed E-state index contributed by atoms with van der Waals surface area (Å²) in [6, 6.07) is 10.5. The smallest absolute Gasteiger partial charge is 0.236 e. The predicted molar refractivity (Wildman–Crippen MR) is 81.2 cm³/mol. The standard InChI is InChI=1S/C16H25N3O/c1-13(17)16(20)18-11-15-9-5-6-10-19(15)12-14-7-3-2-4-8-14/h2-4,7-8,13,15H,5-6,9-12,17H2,1H3,(H,18,20)/t13-,15?/m0/s1. The van der Waals surface area contributed by atoms with E-state index in [0.29, 0.717) is 12.6 Å². The van der Waals surface area contributed by atoms with Crippen LogP contribution in [0.2, 0.25) is 0 Å². The summed E-state index contributed by atoms with van der Waals surface area (Å²) in [5.74, 6) is -0.0600. The van der Waals surface area contributed by atoms with Gasteiger partial charge in [0.1, 0.15) is 0 Å². The third kappa shape index (κ3) is 4.32. The average molecular weight is 275 g/mol. The topological polar surface area (TPSA) is 58.4 Å². The second kappa shape index (κ2) is 7.41. The van der Waals surface area contributed by atoms with Gasteiger partial charge in [-0.15, -0.1) is 0 Å². The summed E-state index contributed by atoms with van der Waals surface area (Å²) >= 11 is 0. The minimum absolute atomic E-state index is 0.0600. The molecular weight excluding hydrogens is 250 g/mol. The molecule has 1 aromatic carbocycles. The van der Waals surface area contributed by atoms with E-state index in [1.807, 2.05) is 6.07 Å². The van der Waals surface area contributed by atoms with Crippen molar-refractivity contribution in [2.24, 2.45) is 5.73 Å². The molecule has 0 spiro atoms. The lowest BCUT2D eigenvalue weighted by Crippen LogP contribution is -2.48. The van der Waals surface area contributed by atoms with Crippen LogP contribution in [0.25, 0.3) is 0 Å². The molecule has 2 atom stereocenters. The maximum atomic E-state index is 11.6. The van der Waals surface area contributed by atoms with Gasteiger partial charge >= 0.3 is 0 Å². The zero-order chi connectivity index (χ0) is 14.4. The number of carbonyl (C=O) groups excluding carboxylic acids is 1. The molecule has 1 heterocycles. The van der Waals surface area contributed by atoms with E-state index in [-0.39, 0.29) is 5.91 Å². The van der Waals surface area contributed by atoms with Gasteiger partial charge in [0.2, 0.25) is 5.91 Å². The van der Waals surface area contributed by atoms with E-state index in [0.717, 1.165) is 19.5 Å². The number of nitrogens with zero attached hydrogens (tertiary/aromatic N) is 1. The monoisotopic (exact) mass is 275 g/mol. The number of likely N-dealkylation sites (tertiary alicyclic amines) is 1. The highest BCUT2D eigenvalue weighted by atomic mass is 16.2. The quantitative estimate of drug-likeness (QED) is 0.856. The molecule has 0 aromatic heterocycles. The molecule has 0 aliphatic carbocycles. The van der Waals surface area contributed by atoms with Crippen molar-refractivity contribution >= 4 is 5.91 Å². The molecule has 1 aliphatic rings. The number of amides is 1. The van der Waals surface area contributed by atoms with Gasteiger partial charge in [-0.25, -0.2) is 0 Å². The first kappa shape index (κ1) is 15.0. The van der Waals surface area contributed by atoms with Gasteiger partial charge in [0.15, 0.2) is 0 Å². The summed E-state index contributed by atoms with van der Waals surface area (Å²) < 4.78 is 0.